The zero-order valence-corrected chi connectivity index (χ0v) is 27.4. The largest absolute Gasteiger partial charge is 0.451 e. The van der Waals surface area contributed by atoms with Crippen LogP contribution >= 0.6 is 11.8 Å². The number of thioether (sulfide) groups is 1. The first-order chi connectivity index (χ1) is 23.4. The fourth-order valence-corrected chi connectivity index (χ4v) is 7.89. The second kappa shape index (κ2) is 13.6. The van der Waals surface area contributed by atoms with E-state index in [2.05, 4.69) is 24.6 Å². The number of ether oxygens (including phenoxy) is 1. The third-order valence-electron chi connectivity index (χ3n) is 8.37. The van der Waals surface area contributed by atoms with Crippen LogP contribution in [0, 0.1) is 5.21 Å². The number of sulfone groups is 1. The number of carbonyl (C=O) groups excluding carboxylic acids is 1. The summed E-state index contributed by atoms with van der Waals surface area (Å²) in [7, 11) is -4.22. The molecule has 0 unspecified atom stereocenters. The molecule has 48 heavy (non-hydrogen) atoms. The zero-order valence-electron chi connectivity index (χ0n) is 25.8. The van der Waals surface area contributed by atoms with Gasteiger partial charge < -0.3 is 24.6 Å². The normalized spacial score (nSPS) is 16.0. The maximum absolute atomic E-state index is 13.2. The molecular formula is C32H32N8O6S2. The van der Waals surface area contributed by atoms with E-state index in [0.29, 0.717) is 31.1 Å². The molecule has 1 amide bonds. The number of amides is 1. The molecule has 2 fully saturated rings. The van der Waals surface area contributed by atoms with E-state index in [9.17, 15) is 18.4 Å². The van der Waals surface area contributed by atoms with Crippen molar-refractivity contribution in [2.75, 3.05) is 54.8 Å². The van der Waals surface area contributed by atoms with Crippen LogP contribution in [0.4, 0.5) is 11.6 Å². The molecule has 14 nitrogen and oxygen atoms in total. The molecule has 248 valence electrons. The van der Waals surface area contributed by atoms with Crippen LogP contribution in [0.2, 0.25) is 0 Å². The van der Waals surface area contributed by atoms with Gasteiger partial charge in [0.2, 0.25) is 5.91 Å². The first-order valence-corrected chi connectivity index (χ1v) is 18.0. The van der Waals surface area contributed by atoms with Crippen molar-refractivity contribution in [3.8, 4) is 5.88 Å². The van der Waals surface area contributed by atoms with Crippen LogP contribution in [0.3, 0.4) is 0 Å². The average molecular weight is 689 g/mol. The molecule has 2 aliphatic heterocycles. The summed E-state index contributed by atoms with van der Waals surface area (Å²) in [6, 6.07) is 21.4. The topological polar surface area (TPSA) is 162 Å². The molecule has 16 heteroatoms. The highest BCUT2D eigenvalue weighted by atomic mass is 32.2. The van der Waals surface area contributed by atoms with Crippen molar-refractivity contribution in [2.45, 2.75) is 34.0 Å². The first kappa shape index (κ1) is 31.6. The number of fused-ring (bicyclic) bond motifs is 1. The lowest BCUT2D eigenvalue weighted by Gasteiger charge is -2.36. The molecule has 5 aromatic rings. The van der Waals surface area contributed by atoms with Gasteiger partial charge in [0.15, 0.2) is 5.16 Å². The fraction of sp³-hybridized carbons (Fsp3) is 0.312. The smallest absolute Gasteiger partial charge is 0.415 e. The number of rotatable bonds is 9. The minimum atomic E-state index is -4.22. The lowest BCUT2D eigenvalue weighted by atomic mass is 10.1. The predicted molar refractivity (Wildman–Crippen MR) is 177 cm³/mol. The molecule has 0 radical (unpaired) electrons. The summed E-state index contributed by atoms with van der Waals surface area (Å²) < 4.78 is 36.6. The van der Waals surface area contributed by atoms with Gasteiger partial charge in [-0.05, 0) is 41.3 Å². The summed E-state index contributed by atoms with van der Waals surface area (Å²) >= 11 is 1.30. The molecule has 0 N–H and O–H groups in total. The van der Waals surface area contributed by atoms with Gasteiger partial charge in [0, 0.05) is 63.7 Å². The van der Waals surface area contributed by atoms with E-state index in [1.165, 1.54) is 23.9 Å². The highest BCUT2D eigenvalue weighted by Gasteiger charge is 2.38. The average Bonchev–Trinajstić information content (AvgIpc) is 3.51. The maximum Gasteiger partial charge on any atom is 0.415 e. The van der Waals surface area contributed by atoms with E-state index in [0.717, 1.165) is 48.7 Å². The van der Waals surface area contributed by atoms with Crippen LogP contribution in [0.25, 0.3) is 10.9 Å². The predicted octanol–water partition coefficient (Wildman–Crippen LogP) is 2.97. The first-order valence-electron chi connectivity index (χ1n) is 15.5. The van der Waals surface area contributed by atoms with E-state index in [4.69, 9.17) is 14.7 Å². The van der Waals surface area contributed by atoms with Crippen molar-refractivity contribution < 1.29 is 27.5 Å². The van der Waals surface area contributed by atoms with Crippen molar-refractivity contribution in [3.05, 3.63) is 84.2 Å². The van der Waals surface area contributed by atoms with Crippen LogP contribution in [-0.4, -0.2) is 90.5 Å². The van der Waals surface area contributed by atoms with E-state index in [1.807, 2.05) is 42.5 Å². The molecule has 2 aromatic carbocycles. The minimum absolute atomic E-state index is 0.0630. The number of likely N-dealkylation sites (tertiary alicyclic amines) is 1. The molecule has 3 aromatic heterocycles. The molecule has 0 saturated carbocycles. The molecule has 5 heterocycles. The van der Waals surface area contributed by atoms with Gasteiger partial charge in [-0.2, -0.15) is 0 Å². The number of carbonyl (C=O) groups is 1. The van der Waals surface area contributed by atoms with Crippen LogP contribution < -0.4 is 19.4 Å². The maximum atomic E-state index is 13.2. The SMILES string of the molecule is O=C(CSc1nc(N2CCN(c3ccccn3)CC2)c2ccccc2n1)N1CCC(Oc2no[n+]([O-])c2S(=O)(=O)c2ccccc2)CC1. The van der Waals surface area contributed by atoms with Crippen molar-refractivity contribution in [1.82, 2.24) is 25.0 Å². The summed E-state index contributed by atoms with van der Waals surface area (Å²) in [6.07, 6.45) is 2.20. The van der Waals surface area contributed by atoms with E-state index in [-0.39, 0.29) is 21.5 Å². The second-order valence-corrected chi connectivity index (χ2v) is 14.2. The highest BCUT2D eigenvalue weighted by Crippen LogP contribution is 2.30. The Balaban J connectivity index is 0.965. The number of aromatic nitrogens is 5. The quantitative estimate of drug-likeness (QED) is 0.126. The number of piperidine rings is 1. The standard InChI is InChI=1S/C32H32N8O6S2/c41-28(38-16-13-23(14-17-38)45-30-31(40(42)46-36-30)48(43,44)24-8-2-1-3-9-24)22-47-32-34-26-11-5-4-10-25(26)29(35-32)39-20-18-37(19-21-39)27-12-6-7-15-33-27/h1-12,15,23H,13-14,16-22H2. The Morgan fingerprint density at radius 3 is 2.38 bits per heavy atom. The molecule has 0 bridgehead atoms. The third kappa shape index (κ3) is 6.57. The molecule has 0 aliphatic carbocycles. The number of anilines is 2. The van der Waals surface area contributed by atoms with Gasteiger partial charge in [0.25, 0.3) is 9.84 Å². The Bertz CT molecular complexity index is 2000. The number of piperazine rings is 1. The van der Waals surface area contributed by atoms with E-state index >= 15 is 0 Å². The summed E-state index contributed by atoms with van der Waals surface area (Å²) in [5, 5.41) is 16.6. The van der Waals surface area contributed by atoms with Crippen LogP contribution in [-0.2, 0) is 14.6 Å². The van der Waals surface area contributed by atoms with Gasteiger partial charge >= 0.3 is 10.9 Å². The summed E-state index contributed by atoms with van der Waals surface area (Å²) in [5.74, 6) is 1.53. The fourth-order valence-electron chi connectivity index (χ4n) is 5.86. The van der Waals surface area contributed by atoms with Crippen molar-refractivity contribution in [2.24, 2.45) is 0 Å². The molecule has 0 atom stereocenters. The third-order valence-corrected chi connectivity index (χ3v) is 10.9. The molecule has 7 rings (SSSR count). The van der Waals surface area contributed by atoms with Gasteiger partial charge in [-0.15, -0.1) is 0 Å². The molecular weight excluding hydrogens is 657 g/mol. The Morgan fingerprint density at radius 2 is 1.62 bits per heavy atom. The van der Waals surface area contributed by atoms with Gasteiger partial charge in [0.1, 0.15) is 17.7 Å². The van der Waals surface area contributed by atoms with E-state index in [1.54, 1.807) is 29.3 Å². The van der Waals surface area contributed by atoms with Crippen molar-refractivity contribution in [3.63, 3.8) is 0 Å². The summed E-state index contributed by atoms with van der Waals surface area (Å²) in [6.45, 7) is 3.97. The van der Waals surface area contributed by atoms with E-state index < -0.39 is 26.8 Å². The lowest BCUT2D eigenvalue weighted by molar-refractivity contribution is -0.832. The highest BCUT2D eigenvalue weighted by molar-refractivity contribution is 7.99. The second-order valence-electron chi connectivity index (χ2n) is 11.4. The van der Waals surface area contributed by atoms with Gasteiger partial charge in [-0.3, -0.25) is 9.42 Å². The molecule has 2 aliphatic rings. The summed E-state index contributed by atoms with van der Waals surface area (Å²) in [4.78, 5) is 33.4. The number of pyridine rings is 1. The van der Waals surface area contributed by atoms with Crippen LogP contribution in [0.5, 0.6) is 5.88 Å². The van der Waals surface area contributed by atoms with Gasteiger partial charge in [-0.1, -0.05) is 48.2 Å². The monoisotopic (exact) mass is 688 g/mol. The van der Waals surface area contributed by atoms with Crippen LogP contribution in [0.15, 0.2) is 98.7 Å². The molecule has 2 saturated heterocycles. The Hall–Kier alpha value is -4.96. The Morgan fingerprint density at radius 1 is 0.917 bits per heavy atom. The number of benzene rings is 2. The zero-order chi connectivity index (χ0) is 33.1. The van der Waals surface area contributed by atoms with Gasteiger partial charge in [0.05, 0.1) is 21.3 Å². The lowest BCUT2D eigenvalue weighted by Crippen LogP contribution is -2.47. The van der Waals surface area contributed by atoms with Crippen molar-refractivity contribution in [1.29, 1.82) is 0 Å². The van der Waals surface area contributed by atoms with Gasteiger partial charge in [-0.25, -0.2) is 23.4 Å². The number of hydrogen-bond acceptors (Lipinski definition) is 13. The Kier molecular flexibility index (Phi) is 8.99. The number of nitrogens with zero attached hydrogens (tertiary/aromatic N) is 8. The minimum Gasteiger partial charge on any atom is -0.451 e. The number of para-hydroxylation sites is 1. The molecule has 0 spiro atoms. The number of hydrogen-bond donors (Lipinski definition) is 0. The Labute approximate surface area is 280 Å². The summed E-state index contributed by atoms with van der Waals surface area (Å²) in [5.41, 5.74) is 0.823. The van der Waals surface area contributed by atoms with Crippen LogP contribution in [0.1, 0.15) is 12.8 Å². The van der Waals surface area contributed by atoms with Crippen molar-refractivity contribution >= 4 is 50.0 Å².